The largest absolute Gasteiger partial charge is 0.497 e. The van der Waals surface area contributed by atoms with Gasteiger partial charge in [0.05, 0.1) is 19.8 Å². The molecule has 0 aromatic heterocycles. The third-order valence-corrected chi connectivity index (χ3v) is 3.90. The number of carbonyl (C=O) groups is 1. The van der Waals surface area contributed by atoms with Crippen LogP contribution in [0.2, 0.25) is 0 Å². The molecule has 1 saturated carbocycles. The molecule has 1 aromatic carbocycles. The fraction of sp³-hybridized carbons (Fsp3) is 0.562. The number of benzene rings is 1. The molecule has 2 rings (SSSR count). The van der Waals surface area contributed by atoms with Gasteiger partial charge < -0.3 is 14.2 Å². The van der Waals surface area contributed by atoms with Crippen molar-refractivity contribution >= 4 is 5.78 Å². The maximum absolute atomic E-state index is 12.9. The van der Waals surface area contributed by atoms with Gasteiger partial charge in [0.15, 0.2) is 5.78 Å². The zero-order valence-corrected chi connectivity index (χ0v) is 12.4. The lowest BCUT2D eigenvalue weighted by molar-refractivity contribution is -0.0165. The molecule has 0 aliphatic heterocycles. The lowest BCUT2D eigenvalue weighted by atomic mass is 9.90. The quantitative estimate of drug-likeness (QED) is 0.749. The van der Waals surface area contributed by atoms with E-state index in [4.69, 9.17) is 14.2 Å². The predicted octanol–water partition coefficient (Wildman–Crippen LogP) is 3.24. The molecular formula is C16H22O4. The molecule has 0 N–H and O–H groups in total. The predicted molar refractivity (Wildman–Crippen MR) is 76.7 cm³/mol. The van der Waals surface area contributed by atoms with E-state index < -0.39 is 5.60 Å². The molecule has 4 heteroatoms. The summed E-state index contributed by atoms with van der Waals surface area (Å²) in [5.74, 6) is 1.24. The third-order valence-electron chi connectivity index (χ3n) is 3.90. The SMILES string of the molecule is CCOC1(C(=O)c2ccc(OC)cc2OC)CCCC1. The van der Waals surface area contributed by atoms with Gasteiger partial charge in [-0.25, -0.2) is 0 Å². The summed E-state index contributed by atoms with van der Waals surface area (Å²) >= 11 is 0. The van der Waals surface area contributed by atoms with Crippen molar-refractivity contribution < 1.29 is 19.0 Å². The second-order valence-corrected chi connectivity index (χ2v) is 5.03. The highest BCUT2D eigenvalue weighted by Gasteiger charge is 2.43. The van der Waals surface area contributed by atoms with Crippen molar-refractivity contribution in [1.82, 2.24) is 0 Å². The maximum Gasteiger partial charge on any atom is 0.198 e. The van der Waals surface area contributed by atoms with E-state index in [0.29, 0.717) is 23.7 Å². The molecule has 0 radical (unpaired) electrons. The van der Waals surface area contributed by atoms with Gasteiger partial charge in [0.1, 0.15) is 17.1 Å². The average molecular weight is 278 g/mol. The van der Waals surface area contributed by atoms with Gasteiger partial charge in [0.25, 0.3) is 0 Å². The van der Waals surface area contributed by atoms with Crippen LogP contribution in [0.25, 0.3) is 0 Å². The minimum Gasteiger partial charge on any atom is -0.497 e. The summed E-state index contributed by atoms with van der Waals surface area (Å²) in [5.41, 5.74) is -0.0972. The van der Waals surface area contributed by atoms with E-state index in [1.54, 1.807) is 32.4 Å². The number of carbonyl (C=O) groups excluding carboxylic acids is 1. The Morgan fingerprint density at radius 3 is 2.45 bits per heavy atom. The van der Waals surface area contributed by atoms with Crippen LogP contribution >= 0.6 is 0 Å². The van der Waals surface area contributed by atoms with Crippen molar-refractivity contribution in [2.75, 3.05) is 20.8 Å². The molecule has 4 nitrogen and oxygen atoms in total. The molecule has 1 fully saturated rings. The Morgan fingerprint density at radius 1 is 1.20 bits per heavy atom. The van der Waals surface area contributed by atoms with Crippen molar-refractivity contribution in [2.45, 2.75) is 38.2 Å². The molecular weight excluding hydrogens is 256 g/mol. The monoisotopic (exact) mass is 278 g/mol. The Labute approximate surface area is 120 Å². The first-order chi connectivity index (χ1) is 9.66. The Balaban J connectivity index is 2.36. The molecule has 0 bridgehead atoms. The summed E-state index contributed by atoms with van der Waals surface area (Å²) in [6, 6.07) is 5.28. The maximum atomic E-state index is 12.9. The molecule has 110 valence electrons. The smallest absolute Gasteiger partial charge is 0.198 e. The van der Waals surface area contributed by atoms with Gasteiger partial charge in [-0.1, -0.05) is 0 Å². The second kappa shape index (κ2) is 6.27. The molecule has 0 spiro atoms. The average Bonchev–Trinajstić information content (AvgIpc) is 2.96. The minimum atomic E-state index is -0.670. The summed E-state index contributed by atoms with van der Waals surface area (Å²) < 4.78 is 16.3. The summed E-state index contributed by atoms with van der Waals surface area (Å²) in [4.78, 5) is 12.9. The van der Waals surface area contributed by atoms with Crippen molar-refractivity contribution in [3.63, 3.8) is 0 Å². The lowest BCUT2D eigenvalue weighted by Gasteiger charge is -2.28. The molecule has 1 aliphatic rings. The van der Waals surface area contributed by atoms with Crippen molar-refractivity contribution in [3.8, 4) is 11.5 Å². The van der Waals surface area contributed by atoms with Gasteiger partial charge in [0, 0.05) is 12.7 Å². The van der Waals surface area contributed by atoms with Crippen LogP contribution in [-0.4, -0.2) is 32.2 Å². The highest BCUT2D eigenvalue weighted by Crippen LogP contribution is 2.38. The highest BCUT2D eigenvalue weighted by atomic mass is 16.5. The topological polar surface area (TPSA) is 44.8 Å². The second-order valence-electron chi connectivity index (χ2n) is 5.03. The first-order valence-electron chi connectivity index (χ1n) is 7.07. The normalized spacial score (nSPS) is 16.9. The fourth-order valence-electron chi connectivity index (χ4n) is 2.89. The first kappa shape index (κ1) is 14.9. The van der Waals surface area contributed by atoms with E-state index in [0.717, 1.165) is 25.7 Å². The molecule has 0 atom stereocenters. The van der Waals surface area contributed by atoms with Crippen molar-refractivity contribution in [2.24, 2.45) is 0 Å². The molecule has 1 aromatic rings. The molecule has 0 unspecified atom stereocenters. The molecule has 1 aliphatic carbocycles. The molecule has 0 heterocycles. The first-order valence-corrected chi connectivity index (χ1v) is 7.07. The Hall–Kier alpha value is -1.55. The van der Waals surface area contributed by atoms with Crippen LogP contribution in [0.4, 0.5) is 0 Å². The molecule has 20 heavy (non-hydrogen) atoms. The number of hydrogen-bond donors (Lipinski definition) is 0. The van der Waals surface area contributed by atoms with E-state index in [1.807, 2.05) is 6.92 Å². The number of Topliss-reactive ketones (excluding diaryl/α,β-unsaturated/α-hetero) is 1. The molecule has 0 saturated heterocycles. The van der Waals surface area contributed by atoms with Gasteiger partial charge >= 0.3 is 0 Å². The number of hydrogen-bond acceptors (Lipinski definition) is 4. The highest BCUT2D eigenvalue weighted by molar-refractivity contribution is 6.05. The van der Waals surface area contributed by atoms with Crippen LogP contribution in [0.1, 0.15) is 43.0 Å². The summed E-state index contributed by atoms with van der Waals surface area (Å²) in [6.45, 7) is 2.48. The van der Waals surface area contributed by atoms with E-state index in [-0.39, 0.29) is 5.78 Å². The zero-order valence-electron chi connectivity index (χ0n) is 12.4. The standard InChI is InChI=1S/C16H22O4/c1-4-20-16(9-5-6-10-16)15(17)13-8-7-12(18-2)11-14(13)19-3/h7-8,11H,4-6,9-10H2,1-3H3. The zero-order chi connectivity index (χ0) is 14.6. The van der Waals surface area contributed by atoms with Crippen LogP contribution in [0.3, 0.4) is 0 Å². The number of methoxy groups -OCH3 is 2. The van der Waals surface area contributed by atoms with Crippen molar-refractivity contribution in [1.29, 1.82) is 0 Å². The van der Waals surface area contributed by atoms with Crippen LogP contribution in [-0.2, 0) is 4.74 Å². The number of rotatable bonds is 6. The number of ether oxygens (including phenoxy) is 3. The van der Waals surface area contributed by atoms with Gasteiger partial charge in [0.2, 0.25) is 0 Å². The Morgan fingerprint density at radius 2 is 1.90 bits per heavy atom. The summed E-state index contributed by atoms with van der Waals surface area (Å²) in [7, 11) is 3.16. The molecule has 0 amide bonds. The van der Waals surface area contributed by atoms with Crippen LogP contribution in [0.15, 0.2) is 18.2 Å². The lowest BCUT2D eigenvalue weighted by Crippen LogP contribution is -2.39. The summed E-state index contributed by atoms with van der Waals surface area (Å²) in [5, 5.41) is 0. The third kappa shape index (κ3) is 2.66. The number of ketones is 1. The van der Waals surface area contributed by atoms with E-state index in [1.165, 1.54) is 0 Å². The Kier molecular flexibility index (Phi) is 4.65. The van der Waals surface area contributed by atoms with Gasteiger partial charge in [-0.3, -0.25) is 4.79 Å². The van der Waals surface area contributed by atoms with Crippen LogP contribution in [0, 0.1) is 0 Å². The van der Waals surface area contributed by atoms with Gasteiger partial charge in [-0.2, -0.15) is 0 Å². The van der Waals surface area contributed by atoms with Crippen LogP contribution in [0.5, 0.6) is 11.5 Å². The van der Waals surface area contributed by atoms with Crippen molar-refractivity contribution in [3.05, 3.63) is 23.8 Å². The van der Waals surface area contributed by atoms with Gasteiger partial charge in [-0.05, 0) is 44.7 Å². The van der Waals surface area contributed by atoms with E-state index in [9.17, 15) is 4.79 Å². The Bertz CT molecular complexity index is 475. The minimum absolute atomic E-state index is 0.0244. The van der Waals surface area contributed by atoms with Gasteiger partial charge in [-0.15, -0.1) is 0 Å². The van der Waals surface area contributed by atoms with E-state index >= 15 is 0 Å². The fourth-order valence-corrected chi connectivity index (χ4v) is 2.89. The van der Waals surface area contributed by atoms with Crippen LogP contribution < -0.4 is 9.47 Å². The van der Waals surface area contributed by atoms with E-state index in [2.05, 4.69) is 0 Å². The summed E-state index contributed by atoms with van der Waals surface area (Å²) in [6.07, 6.45) is 3.64.